The van der Waals surface area contributed by atoms with Crippen LogP contribution in [0.1, 0.15) is 32.8 Å². The Bertz CT molecular complexity index is 1100. The van der Waals surface area contributed by atoms with Crippen LogP contribution in [0.15, 0.2) is 54.6 Å². The molecule has 192 valence electrons. The summed E-state index contributed by atoms with van der Waals surface area (Å²) in [6.07, 6.45) is 7.74. The quantitative estimate of drug-likeness (QED) is 0.481. The number of carbonyl (C=O) groups excluding carboxylic acids is 3. The first-order chi connectivity index (χ1) is 17.3. The zero-order valence-electron chi connectivity index (χ0n) is 21.0. The summed E-state index contributed by atoms with van der Waals surface area (Å²) in [7, 11) is 0. The first kappa shape index (κ1) is 24.7. The Labute approximate surface area is 211 Å². The largest absolute Gasteiger partial charge is 0.461 e. The van der Waals surface area contributed by atoms with Crippen LogP contribution in [0.5, 0.6) is 0 Å². The SMILES string of the molecule is CC[C@@]12C=CCOC(=O)[C@@H]1[C@H]1C(=O)N([C@@H](CO)C(C)C)C3C(=O)N(Cc4ccccc4)CC=C[C@@]31O2. The van der Waals surface area contributed by atoms with Crippen LogP contribution in [0.4, 0.5) is 0 Å². The van der Waals surface area contributed by atoms with E-state index in [1.165, 1.54) is 4.90 Å². The molecule has 6 atom stereocenters. The van der Waals surface area contributed by atoms with E-state index in [2.05, 4.69) is 0 Å². The summed E-state index contributed by atoms with van der Waals surface area (Å²) in [4.78, 5) is 45.1. The van der Waals surface area contributed by atoms with E-state index in [0.717, 1.165) is 5.56 Å². The van der Waals surface area contributed by atoms with Gasteiger partial charge in [0.25, 0.3) is 0 Å². The van der Waals surface area contributed by atoms with E-state index in [-0.39, 0.29) is 30.9 Å². The lowest BCUT2D eigenvalue weighted by Crippen LogP contribution is -2.59. The van der Waals surface area contributed by atoms with Crippen molar-refractivity contribution in [3.8, 4) is 0 Å². The van der Waals surface area contributed by atoms with E-state index in [1.807, 2.05) is 69.3 Å². The van der Waals surface area contributed by atoms with Gasteiger partial charge in [-0.15, -0.1) is 0 Å². The number of aliphatic hydroxyl groups is 1. The van der Waals surface area contributed by atoms with Crippen LogP contribution < -0.4 is 0 Å². The fourth-order valence-electron chi connectivity index (χ4n) is 6.51. The second kappa shape index (κ2) is 9.16. The fraction of sp³-hybridized carbons (Fsp3) is 0.536. The van der Waals surface area contributed by atoms with Gasteiger partial charge in [-0.1, -0.05) is 69.3 Å². The molecule has 5 rings (SSSR count). The van der Waals surface area contributed by atoms with Gasteiger partial charge in [0.2, 0.25) is 11.8 Å². The van der Waals surface area contributed by atoms with Crippen molar-refractivity contribution in [2.75, 3.05) is 19.8 Å². The molecule has 0 aliphatic carbocycles. The van der Waals surface area contributed by atoms with Crippen LogP contribution in [-0.2, 0) is 30.4 Å². The number of esters is 1. The fourth-order valence-corrected chi connectivity index (χ4v) is 6.51. The van der Waals surface area contributed by atoms with Crippen LogP contribution in [0, 0.1) is 17.8 Å². The first-order valence-electron chi connectivity index (χ1n) is 12.8. The predicted molar refractivity (Wildman–Crippen MR) is 131 cm³/mol. The van der Waals surface area contributed by atoms with Crippen molar-refractivity contribution >= 4 is 17.8 Å². The molecule has 0 aromatic heterocycles. The minimum absolute atomic E-state index is 0.116. The number of likely N-dealkylation sites (tertiary alicyclic amines) is 1. The molecule has 0 radical (unpaired) electrons. The van der Waals surface area contributed by atoms with Crippen LogP contribution >= 0.6 is 0 Å². The number of hydrogen-bond acceptors (Lipinski definition) is 6. The minimum Gasteiger partial charge on any atom is -0.461 e. The van der Waals surface area contributed by atoms with Gasteiger partial charge >= 0.3 is 5.97 Å². The highest BCUT2D eigenvalue weighted by atomic mass is 16.6. The third kappa shape index (κ3) is 3.53. The molecule has 2 amide bonds. The maximum absolute atomic E-state index is 14.3. The molecule has 1 aromatic carbocycles. The third-order valence-corrected chi connectivity index (χ3v) is 8.25. The molecule has 8 heteroatoms. The van der Waals surface area contributed by atoms with Gasteiger partial charge in [-0.05, 0) is 24.0 Å². The smallest absolute Gasteiger partial charge is 0.313 e. The van der Waals surface area contributed by atoms with Crippen molar-refractivity contribution in [1.82, 2.24) is 9.80 Å². The second-order valence-electron chi connectivity index (χ2n) is 10.5. The number of rotatable bonds is 6. The lowest BCUT2D eigenvalue weighted by Gasteiger charge is -2.41. The summed E-state index contributed by atoms with van der Waals surface area (Å²) >= 11 is 0. The summed E-state index contributed by atoms with van der Waals surface area (Å²) in [5.41, 5.74) is -1.42. The topological polar surface area (TPSA) is 96.4 Å². The number of fused-ring (bicyclic) bond motifs is 2. The van der Waals surface area contributed by atoms with Crippen molar-refractivity contribution < 1.29 is 29.0 Å². The minimum atomic E-state index is -1.34. The Morgan fingerprint density at radius 2 is 1.81 bits per heavy atom. The molecule has 1 unspecified atom stereocenters. The van der Waals surface area contributed by atoms with E-state index in [4.69, 9.17) is 9.47 Å². The number of cyclic esters (lactones) is 1. The number of nitrogens with zero attached hydrogens (tertiary/aromatic N) is 2. The number of benzene rings is 1. The van der Waals surface area contributed by atoms with Crippen LogP contribution in [0.25, 0.3) is 0 Å². The van der Waals surface area contributed by atoms with Gasteiger partial charge in [0, 0.05) is 13.1 Å². The molecule has 1 N–H and O–H groups in total. The van der Waals surface area contributed by atoms with Gasteiger partial charge in [-0.3, -0.25) is 14.4 Å². The van der Waals surface area contributed by atoms with E-state index in [1.54, 1.807) is 11.0 Å². The Morgan fingerprint density at radius 1 is 1.06 bits per heavy atom. The maximum atomic E-state index is 14.3. The van der Waals surface area contributed by atoms with Crippen molar-refractivity contribution in [1.29, 1.82) is 0 Å². The Morgan fingerprint density at radius 3 is 2.47 bits per heavy atom. The molecule has 4 aliphatic heterocycles. The first-order valence-corrected chi connectivity index (χ1v) is 12.8. The number of ether oxygens (including phenoxy) is 2. The summed E-state index contributed by atoms with van der Waals surface area (Å²) in [5, 5.41) is 10.3. The number of aliphatic hydroxyl groups excluding tert-OH is 1. The highest BCUT2D eigenvalue weighted by Crippen LogP contribution is 2.59. The van der Waals surface area contributed by atoms with Crippen LogP contribution in [-0.4, -0.2) is 75.7 Å². The van der Waals surface area contributed by atoms with Crippen molar-refractivity contribution in [3.05, 3.63) is 60.2 Å². The predicted octanol–water partition coefficient (Wildman–Crippen LogP) is 2.08. The van der Waals surface area contributed by atoms with E-state index in [0.29, 0.717) is 19.5 Å². The highest BCUT2D eigenvalue weighted by Gasteiger charge is 2.76. The van der Waals surface area contributed by atoms with Gasteiger partial charge in [0.15, 0.2) is 0 Å². The standard InChI is InChI=1S/C28H34N2O6/c1-4-27-12-9-15-35-26(34)22(27)21-24(32)30(20(17-31)18(2)3)23-25(33)29(14-8-13-28(21,23)36-27)16-19-10-6-5-7-11-19/h5-13,18,20-23,31H,4,14-17H2,1-3H3/t20-,21-,22-,23?,27+,28-/m0/s1. The Hall–Kier alpha value is -2.97. The van der Waals surface area contributed by atoms with E-state index < -0.39 is 41.1 Å². The van der Waals surface area contributed by atoms with E-state index >= 15 is 0 Å². The summed E-state index contributed by atoms with van der Waals surface area (Å²) in [6, 6.07) is 8.08. The van der Waals surface area contributed by atoms with E-state index in [9.17, 15) is 19.5 Å². The van der Waals surface area contributed by atoms with Crippen LogP contribution in [0.3, 0.4) is 0 Å². The molecule has 8 nitrogen and oxygen atoms in total. The lowest BCUT2D eigenvalue weighted by molar-refractivity contribution is -0.162. The molecule has 4 heterocycles. The molecule has 2 fully saturated rings. The maximum Gasteiger partial charge on any atom is 0.313 e. The molecule has 36 heavy (non-hydrogen) atoms. The van der Waals surface area contributed by atoms with Gasteiger partial charge < -0.3 is 24.4 Å². The Kier molecular flexibility index (Phi) is 6.29. The lowest BCUT2D eigenvalue weighted by atomic mass is 9.73. The van der Waals surface area contributed by atoms with Gasteiger partial charge in [0.05, 0.1) is 18.6 Å². The molecule has 0 saturated carbocycles. The monoisotopic (exact) mass is 494 g/mol. The molecular weight excluding hydrogens is 460 g/mol. The Balaban J connectivity index is 1.65. The summed E-state index contributed by atoms with van der Waals surface area (Å²) in [5.74, 6) is -3.02. The second-order valence-corrected chi connectivity index (χ2v) is 10.5. The molecule has 1 aromatic rings. The molecular formula is C28H34N2O6. The average Bonchev–Trinajstić information content (AvgIpc) is 3.14. The molecule has 1 spiro atoms. The summed E-state index contributed by atoms with van der Waals surface area (Å²) in [6.45, 7) is 6.28. The van der Waals surface area contributed by atoms with Crippen molar-refractivity contribution in [3.63, 3.8) is 0 Å². The van der Waals surface area contributed by atoms with Crippen molar-refractivity contribution in [2.24, 2.45) is 17.8 Å². The van der Waals surface area contributed by atoms with Crippen LogP contribution in [0.2, 0.25) is 0 Å². The average molecular weight is 495 g/mol. The molecule has 0 bridgehead atoms. The molecule has 4 aliphatic rings. The third-order valence-electron chi connectivity index (χ3n) is 8.25. The summed E-state index contributed by atoms with van der Waals surface area (Å²) < 4.78 is 12.3. The zero-order valence-corrected chi connectivity index (χ0v) is 21.0. The zero-order chi connectivity index (χ0) is 25.7. The van der Waals surface area contributed by atoms with Crippen molar-refractivity contribution in [2.45, 2.75) is 57.0 Å². The number of hydrogen-bond donors (Lipinski definition) is 1. The van der Waals surface area contributed by atoms with Gasteiger partial charge in [0.1, 0.15) is 29.8 Å². The number of amides is 2. The highest BCUT2D eigenvalue weighted by molar-refractivity contribution is 5.99. The van der Waals surface area contributed by atoms with Gasteiger partial charge in [-0.2, -0.15) is 0 Å². The normalized spacial score (nSPS) is 34.2. The molecule has 2 saturated heterocycles. The van der Waals surface area contributed by atoms with Gasteiger partial charge in [-0.25, -0.2) is 0 Å². The number of carbonyl (C=O) groups is 3.